The fraction of sp³-hybridized carbons (Fsp3) is 0.538. The van der Waals surface area contributed by atoms with E-state index in [0.29, 0.717) is 5.56 Å². The number of nitro benzene ring substituents is 1. The molecule has 0 heterocycles. The normalized spacial score (nSPS) is 10.8. The SMILES string of the molecule is CN(C)CCCN(C)c1ccc([N+](=O)[O-])cc1CO. The molecule has 0 aliphatic carbocycles. The molecule has 0 aliphatic rings. The first-order valence-electron chi connectivity index (χ1n) is 6.19. The van der Waals surface area contributed by atoms with E-state index >= 15 is 0 Å². The van der Waals surface area contributed by atoms with Gasteiger partial charge in [0.25, 0.3) is 5.69 Å². The van der Waals surface area contributed by atoms with Gasteiger partial charge in [-0.05, 0) is 33.1 Å². The van der Waals surface area contributed by atoms with Gasteiger partial charge >= 0.3 is 0 Å². The molecule has 6 heteroatoms. The van der Waals surface area contributed by atoms with Crippen LogP contribution < -0.4 is 4.90 Å². The fourth-order valence-corrected chi connectivity index (χ4v) is 1.93. The van der Waals surface area contributed by atoms with E-state index in [1.165, 1.54) is 12.1 Å². The van der Waals surface area contributed by atoms with Crippen LogP contribution in [-0.2, 0) is 6.61 Å². The van der Waals surface area contributed by atoms with Crippen molar-refractivity contribution in [2.45, 2.75) is 13.0 Å². The molecule has 0 unspecified atom stereocenters. The molecule has 0 amide bonds. The van der Waals surface area contributed by atoms with Crippen LogP contribution in [0.2, 0.25) is 0 Å². The number of aliphatic hydroxyl groups is 1. The predicted octanol–water partition coefficient (Wildman–Crippen LogP) is 1.47. The van der Waals surface area contributed by atoms with Crippen LogP contribution >= 0.6 is 0 Å². The van der Waals surface area contributed by atoms with Crippen LogP contribution in [0, 0.1) is 10.1 Å². The molecule has 0 saturated carbocycles. The maximum absolute atomic E-state index is 10.7. The Hall–Kier alpha value is -1.66. The zero-order chi connectivity index (χ0) is 14.4. The zero-order valence-electron chi connectivity index (χ0n) is 11.7. The number of non-ortho nitro benzene ring substituents is 1. The Kier molecular flexibility index (Phi) is 5.72. The van der Waals surface area contributed by atoms with Gasteiger partial charge in [-0.3, -0.25) is 10.1 Å². The second kappa shape index (κ2) is 7.06. The highest BCUT2D eigenvalue weighted by Gasteiger charge is 2.12. The van der Waals surface area contributed by atoms with Gasteiger partial charge in [0.1, 0.15) is 0 Å². The number of nitro groups is 1. The summed E-state index contributed by atoms with van der Waals surface area (Å²) < 4.78 is 0. The molecule has 0 fully saturated rings. The average molecular weight is 267 g/mol. The van der Waals surface area contributed by atoms with Crippen LogP contribution in [-0.4, -0.2) is 49.2 Å². The molecule has 6 nitrogen and oxygen atoms in total. The summed E-state index contributed by atoms with van der Waals surface area (Å²) in [5.41, 5.74) is 1.43. The van der Waals surface area contributed by atoms with Gasteiger partial charge in [0.15, 0.2) is 0 Å². The molecule has 0 bridgehead atoms. The molecule has 1 rings (SSSR count). The quantitative estimate of drug-likeness (QED) is 0.598. The van der Waals surface area contributed by atoms with Crippen molar-refractivity contribution in [1.29, 1.82) is 0 Å². The van der Waals surface area contributed by atoms with Gasteiger partial charge in [0.05, 0.1) is 11.5 Å². The summed E-state index contributed by atoms with van der Waals surface area (Å²) in [6, 6.07) is 4.59. The van der Waals surface area contributed by atoms with Crippen LogP contribution in [0.5, 0.6) is 0 Å². The molecule has 0 atom stereocenters. The van der Waals surface area contributed by atoms with Gasteiger partial charge in [-0.15, -0.1) is 0 Å². The molecular formula is C13H21N3O3. The largest absolute Gasteiger partial charge is 0.392 e. The van der Waals surface area contributed by atoms with Crippen molar-refractivity contribution >= 4 is 11.4 Å². The van der Waals surface area contributed by atoms with Crippen molar-refractivity contribution in [3.8, 4) is 0 Å². The second-order valence-electron chi connectivity index (χ2n) is 4.81. The average Bonchev–Trinajstić information content (AvgIpc) is 2.37. The molecule has 0 saturated heterocycles. The Morgan fingerprint density at radius 3 is 2.47 bits per heavy atom. The van der Waals surface area contributed by atoms with Crippen LogP contribution in [0.15, 0.2) is 18.2 Å². The van der Waals surface area contributed by atoms with Crippen LogP contribution in [0.1, 0.15) is 12.0 Å². The summed E-state index contributed by atoms with van der Waals surface area (Å²) in [4.78, 5) is 14.4. The Morgan fingerprint density at radius 2 is 1.95 bits per heavy atom. The summed E-state index contributed by atoms with van der Waals surface area (Å²) in [5.74, 6) is 0. The molecule has 1 aromatic carbocycles. The molecule has 1 aromatic rings. The second-order valence-corrected chi connectivity index (χ2v) is 4.81. The van der Waals surface area contributed by atoms with Crippen molar-refractivity contribution < 1.29 is 10.0 Å². The number of rotatable bonds is 7. The minimum atomic E-state index is -0.449. The monoisotopic (exact) mass is 267 g/mol. The standard InChI is InChI=1S/C13H21N3O3/c1-14(2)7-4-8-15(3)13-6-5-12(16(18)19)9-11(13)10-17/h5-6,9,17H,4,7-8,10H2,1-3H3. The Bertz CT molecular complexity index is 435. The third-order valence-corrected chi connectivity index (χ3v) is 2.95. The van der Waals surface area contributed by atoms with Gasteiger partial charge in [-0.2, -0.15) is 0 Å². The number of anilines is 1. The van der Waals surface area contributed by atoms with Crippen molar-refractivity contribution in [2.75, 3.05) is 39.1 Å². The third-order valence-electron chi connectivity index (χ3n) is 2.95. The van der Waals surface area contributed by atoms with Gasteiger partial charge in [-0.1, -0.05) is 0 Å². The lowest BCUT2D eigenvalue weighted by atomic mass is 10.1. The van der Waals surface area contributed by atoms with Gasteiger partial charge in [-0.25, -0.2) is 0 Å². The summed E-state index contributed by atoms with van der Waals surface area (Å²) in [6.45, 7) is 1.61. The van der Waals surface area contributed by atoms with Crippen molar-refractivity contribution in [2.24, 2.45) is 0 Å². The molecule has 0 aromatic heterocycles. The minimum absolute atomic E-state index is 0.00879. The smallest absolute Gasteiger partial charge is 0.269 e. The minimum Gasteiger partial charge on any atom is -0.392 e. The number of aliphatic hydroxyl groups excluding tert-OH is 1. The Labute approximate surface area is 113 Å². The van der Waals surface area contributed by atoms with E-state index in [4.69, 9.17) is 0 Å². The lowest BCUT2D eigenvalue weighted by molar-refractivity contribution is -0.384. The maximum atomic E-state index is 10.7. The van der Waals surface area contributed by atoms with E-state index < -0.39 is 4.92 Å². The van der Waals surface area contributed by atoms with Gasteiger partial charge in [0.2, 0.25) is 0 Å². The zero-order valence-corrected chi connectivity index (χ0v) is 11.7. The lowest BCUT2D eigenvalue weighted by Gasteiger charge is -2.22. The maximum Gasteiger partial charge on any atom is 0.269 e. The highest BCUT2D eigenvalue weighted by Crippen LogP contribution is 2.24. The Morgan fingerprint density at radius 1 is 1.26 bits per heavy atom. The number of hydrogen-bond donors (Lipinski definition) is 1. The van der Waals surface area contributed by atoms with E-state index in [-0.39, 0.29) is 12.3 Å². The first kappa shape index (κ1) is 15.4. The fourth-order valence-electron chi connectivity index (χ4n) is 1.93. The molecule has 0 aliphatic heterocycles. The first-order valence-corrected chi connectivity index (χ1v) is 6.19. The Balaban J connectivity index is 2.78. The summed E-state index contributed by atoms with van der Waals surface area (Å²) >= 11 is 0. The van der Waals surface area contributed by atoms with E-state index in [1.807, 2.05) is 26.0 Å². The molecule has 106 valence electrons. The van der Waals surface area contributed by atoms with E-state index in [9.17, 15) is 15.2 Å². The molecule has 0 spiro atoms. The lowest BCUT2D eigenvalue weighted by Crippen LogP contribution is -2.24. The number of benzene rings is 1. The van der Waals surface area contributed by atoms with E-state index in [1.54, 1.807) is 6.07 Å². The molecular weight excluding hydrogens is 246 g/mol. The predicted molar refractivity (Wildman–Crippen MR) is 75.5 cm³/mol. The van der Waals surface area contributed by atoms with Crippen LogP contribution in [0.25, 0.3) is 0 Å². The van der Waals surface area contributed by atoms with E-state index in [2.05, 4.69) is 4.90 Å². The van der Waals surface area contributed by atoms with Gasteiger partial charge < -0.3 is 14.9 Å². The number of hydrogen-bond acceptors (Lipinski definition) is 5. The highest BCUT2D eigenvalue weighted by atomic mass is 16.6. The highest BCUT2D eigenvalue weighted by molar-refractivity contribution is 5.57. The van der Waals surface area contributed by atoms with Crippen molar-refractivity contribution in [1.82, 2.24) is 4.90 Å². The topological polar surface area (TPSA) is 69.9 Å². The summed E-state index contributed by atoms with van der Waals surface area (Å²) in [5, 5.41) is 20.0. The third kappa shape index (κ3) is 4.50. The van der Waals surface area contributed by atoms with Gasteiger partial charge in [0, 0.05) is 37.0 Å². The number of nitrogens with zero attached hydrogens (tertiary/aromatic N) is 3. The summed E-state index contributed by atoms with van der Waals surface area (Å²) in [6.07, 6.45) is 0.991. The van der Waals surface area contributed by atoms with E-state index in [0.717, 1.165) is 25.2 Å². The molecule has 1 N–H and O–H groups in total. The summed E-state index contributed by atoms with van der Waals surface area (Å²) in [7, 11) is 5.96. The van der Waals surface area contributed by atoms with Crippen molar-refractivity contribution in [3.63, 3.8) is 0 Å². The molecule has 0 radical (unpaired) electrons. The molecule has 19 heavy (non-hydrogen) atoms. The van der Waals surface area contributed by atoms with Crippen LogP contribution in [0.4, 0.5) is 11.4 Å². The van der Waals surface area contributed by atoms with Crippen molar-refractivity contribution in [3.05, 3.63) is 33.9 Å². The first-order chi connectivity index (χ1) is 8.95. The van der Waals surface area contributed by atoms with Crippen LogP contribution in [0.3, 0.4) is 0 Å².